The first-order valence-corrected chi connectivity index (χ1v) is 5.74. The largest absolute Gasteiger partial charge is 0.472 e. The van der Waals surface area contributed by atoms with Crippen LogP contribution in [0.25, 0.3) is 0 Å². The zero-order chi connectivity index (χ0) is 12.3. The van der Waals surface area contributed by atoms with Crippen LogP contribution in [0.2, 0.25) is 0 Å². The van der Waals surface area contributed by atoms with E-state index in [0.717, 1.165) is 17.7 Å². The number of aryl methyl sites for hydroxylation is 1. The third kappa shape index (κ3) is 2.56. The van der Waals surface area contributed by atoms with Crippen LogP contribution < -0.4 is 5.32 Å². The van der Waals surface area contributed by atoms with Gasteiger partial charge in [0, 0.05) is 5.56 Å². The Kier molecular flexibility index (Phi) is 3.59. The van der Waals surface area contributed by atoms with Crippen LogP contribution in [0.1, 0.15) is 29.7 Å². The quantitative estimate of drug-likeness (QED) is 0.875. The van der Waals surface area contributed by atoms with E-state index in [1.807, 2.05) is 19.1 Å². The Morgan fingerprint density at radius 1 is 1.29 bits per heavy atom. The van der Waals surface area contributed by atoms with E-state index in [4.69, 9.17) is 4.42 Å². The van der Waals surface area contributed by atoms with Gasteiger partial charge in [0.25, 0.3) is 0 Å². The van der Waals surface area contributed by atoms with Crippen molar-refractivity contribution in [2.75, 3.05) is 6.54 Å². The van der Waals surface area contributed by atoms with E-state index < -0.39 is 0 Å². The van der Waals surface area contributed by atoms with E-state index in [1.54, 1.807) is 31.6 Å². The summed E-state index contributed by atoms with van der Waals surface area (Å²) in [5.74, 6) is -0.172. The van der Waals surface area contributed by atoms with Crippen molar-refractivity contribution in [2.24, 2.45) is 0 Å². The van der Waals surface area contributed by atoms with Crippen molar-refractivity contribution in [3.05, 3.63) is 59.3 Å². The van der Waals surface area contributed by atoms with E-state index in [2.05, 4.69) is 5.32 Å². The lowest BCUT2D eigenvalue weighted by Gasteiger charge is -2.17. The molecule has 3 heteroatoms. The van der Waals surface area contributed by atoms with E-state index in [0.29, 0.717) is 5.56 Å². The molecule has 0 bridgehead atoms. The highest BCUT2D eigenvalue weighted by molar-refractivity contribution is 5.32. The van der Waals surface area contributed by atoms with Gasteiger partial charge in [-0.05, 0) is 36.7 Å². The number of halogens is 1. The summed E-state index contributed by atoms with van der Waals surface area (Å²) >= 11 is 0. The van der Waals surface area contributed by atoms with Crippen LogP contribution in [-0.2, 0) is 0 Å². The molecule has 2 aromatic rings. The SMILES string of the molecule is CCNC(c1ccoc1)c1ccc(C)c(F)c1. The predicted molar refractivity (Wildman–Crippen MR) is 65.4 cm³/mol. The van der Waals surface area contributed by atoms with Gasteiger partial charge in [-0.1, -0.05) is 19.1 Å². The fraction of sp³-hybridized carbons (Fsp3) is 0.286. The van der Waals surface area contributed by atoms with E-state index in [9.17, 15) is 4.39 Å². The lowest BCUT2D eigenvalue weighted by atomic mass is 10.00. The van der Waals surface area contributed by atoms with Crippen LogP contribution in [0.15, 0.2) is 41.2 Å². The summed E-state index contributed by atoms with van der Waals surface area (Å²) in [6, 6.07) is 7.20. The highest BCUT2D eigenvalue weighted by Crippen LogP contribution is 2.23. The topological polar surface area (TPSA) is 25.2 Å². The molecule has 90 valence electrons. The molecule has 1 unspecified atom stereocenters. The van der Waals surface area contributed by atoms with Gasteiger partial charge in [0.1, 0.15) is 5.82 Å². The van der Waals surface area contributed by atoms with Crippen LogP contribution >= 0.6 is 0 Å². The maximum Gasteiger partial charge on any atom is 0.126 e. The molecule has 0 amide bonds. The van der Waals surface area contributed by atoms with Gasteiger partial charge in [0.2, 0.25) is 0 Å². The minimum atomic E-state index is -0.172. The summed E-state index contributed by atoms with van der Waals surface area (Å²) < 4.78 is 18.7. The van der Waals surface area contributed by atoms with Crippen molar-refractivity contribution in [1.82, 2.24) is 5.32 Å². The van der Waals surface area contributed by atoms with Crippen molar-refractivity contribution >= 4 is 0 Å². The van der Waals surface area contributed by atoms with Crippen LogP contribution in [0.3, 0.4) is 0 Å². The summed E-state index contributed by atoms with van der Waals surface area (Å²) in [6.45, 7) is 4.60. The normalized spacial score (nSPS) is 12.6. The maximum absolute atomic E-state index is 13.6. The standard InChI is InChI=1S/C14H16FNO/c1-3-16-14(12-6-7-17-9-12)11-5-4-10(2)13(15)8-11/h4-9,14,16H,3H2,1-2H3. The van der Waals surface area contributed by atoms with Gasteiger partial charge in [0.05, 0.1) is 18.6 Å². The van der Waals surface area contributed by atoms with Crippen molar-refractivity contribution in [2.45, 2.75) is 19.9 Å². The minimum Gasteiger partial charge on any atom is -0.472 e. The Bertz CT molecular complexity index is 479. The predicted octanol–water partition coefficient (Wildman–Crippen LogP) is 3.43. The Hall–Kier alpha value is -1.61. The molecule has 0 saturated carbocycles. The zero-order valence-electron chi connectivity index (χ0n) is 10.0. The summed E-state index contributed by atoms with van der Waals surface area (Å²) in [5.41, 5.74) is 2.59. The molecule has 1 N–H and O–H groups in total. The van der Waals surface area contributed by atoms with Gasteiger partial charge in [-0.15, -0.1) is 0 Å². The Labute approximate surface area is 100 Å². The molecule has 2 nitrogen and oxygen atoms in total. The second-order valence-corrected chi connectivity index (χ2v) is 4.06. The number of benzene rings is 1. The van der Waals surface area contributed by atoms with Crippen molar-refractivity contribution in [3.8, 4) is 0 Å². The molecule has 0 fully saturated rings. The molecule has 0 spiro atoms. The summed E-state index contributed by atoms with van der Waals surface area (Å²) in [4.78, 5) is 0. The van der Waals surface area contributed by atoms with E-state index >= 15 is 0 Å². The third-order valence-electron chi connectivity index (χ3n) is 2.81. The molecule has 1 aromatic carbocycles. The molecule has 17 heavy (non-hydrogen) atoms. The molecule has 1 aromatic heterocycles. The van der Waals surface area contributed by atoms with Gasteiger partial charge in [-0.25, -0.2) is 4.39 Å². The number of hydrogen-bond acceptors (Lipinski definition) is 2. The van der Waals surface area contributed by atoms with Crippen molar-refractivity contribution in [1.29, 1.82) is 0 Å². The second kappa shape index (κ2) is 5.15. The molecule has 1 atom stereocenters. The smallest absolute Gasteiger partial charge is 0.126 e. The number of rotatable bonds is 4. The van der Waals surface area contributed by atoms with Crippen molar-refractivity contribution in [3.63, 3.8) is 0 Å². The first-order chi connectivity index (χ1) is 8.22. The van der Waals surface area contributed by atoms with Gasteiger partial charge in [-0.3, -0.25) is 0 Å². The first-order valence-electron chi connectivity index (χ1n) is 5.74. The fourth-order valence-corrected chi connectivity index (χ4v) is 1.86. The summed E-state index contributed by atoms with van der Waals surface area (Å²) in [7, 11) is 0. The highest BCUT2D eigenvalue weighted by atomic mass is 19.1. The van der Waals surface area contributed by atoms with Gasteiger partial charge < -0.3 is 9.73 Å². The summed E-state index contributed by atoms with van der Waals surface area (Å²) in [5, 5.41) is 3.32. The van der Waals surface area contributed by atoms with Crippen LogP contribution in [0.4, 0.5) is 4.39 Å². The van der Waals surface area contributed by atoms with E-state index in [1.165, 1.54) is 0 Å². The average molecular weight is 233 g/mol. The fourth-order valence-electron chi connectivity index (χ4n) is 1.86. The average Bonchev–Trinajstić information content (AvgIpc) is 2.83. The third-order valence-corrected chi connectivity index (χ3v) is 2.81. The Morgan fingerprint density at radius 2 is 2.12 bits per heavy atom. The first kappa shape index (κ1) is 11.9. The van der Waals surface area contributed by atoms with Crippen LogP contribution in [0.5, 0.6) is 0 Å². The van der Waals surface area contributed by atoms with E-state index in [-0.39, 0.29) is 11.9 Å². The Balaban J connectivity index is 2.35. The minimum absolute atomic E-state index is 0.0196. The molecule has 2 rings (SSSR count). The van der Waals surface area contributed by atoms with Crippen LogP contribution in [-0.4, -0.2) is 6.54 Å². The molecule has 1 heterocycles. The number of nitrogens with one attached hydrogen (secondary N) is 1. The maximum atomic E-state index is 13.6. The highest BCUT2D eigenvalue weighted by Gasteiger charge is 2.15. The number of furan rings is 1. The summed E-state index contributed by atoms with van der Waals surface area (Å²) in [6.07, 6.45) is 3.31. The zero-order valence-corrected chi connectivity index (χ0v) is 10.0. The monoisotopic (exact) mass is 233 g/mol. The molecule has 0 radical (unpaired) electrons. The van der Waals surface area contributed by atoms with Gasteiger partial charge in [0.15, 0.2) is 0 Å². The molecule has 0 aliphatic heterocycles. The molecule has 0 aliphatic rings. The molecular weight excluding hydrogens is 217 g/mol. The lowest BCUT2D eigenvalue weighted by molar-refractivity contribution is 0.551. The molecule has 0 aliphatic carbocycles. The van der Waals surface area contributed by atoms with Crippen molar-refractivity contribution < 1.29 is 8.81 Å². The van der Waals surface area contributed by atoms with Gasteiger partial charge in [-0.2, -0.15) is 0 Å². The second-order valence-electron chi connectivity index (χ2n) is 4.06. The Morgan fingerprint density at radius 3 is 2.71 bits per heavy atom. The molecular formula is C14H16FNO. The number of hydrogen-bond donors (Lipinski definition) is 1. The lowest BCUT2D eigenvalue weighted by Crippen LogP contribution is -2.21. The van der Waals surface area contributed by atoms with Gasteiger partial charge >= 0.3 is 0 Å². The van der Waals surface area contributed by atoms with Crippen LogP contribution in [0, 0.1) is 12.7 Å². The molecule has 0 saturated heterocycles.